The van der Waals surface area contributed by atoms with Crippen LogP contribution in [-0.2, 0) is 6.42 Å². The third-order valence-corrected chi connectivity index (χ3v) is 3.27. The summed E-state index contributed by atoms with van der Waals surface area (Å²) in [6.45, 7) is 4.62. The fourth-order valence-corrected chi connectivity index (χ4v) is 1.98. The number of anilines is 1. The van der Waals surface area contributed by atoms with Crippen molar-refractivity contribution in [1.82, 2.24) is 0 Å². The molecule has 0 bridgehead atoms. The Bertz CT molecular complexity index is 315. The number of para-hydroxylation sites is 1. The van der Waals surface area contributed by atoms with E-state index in [1.54, 1.807) is 0 Å². The van der Waals surface area contributed by atoms with Crippen LogP contribution in [0.25, 0.3) is 0 Å². The van der Waals surface area contributed by atoms with Crippen LogP contribution in [0.4, 0.5) is 5.69 Å². The predicted octanol–water partition coefficient (Wildman–Crippen LogP) is 2.85. The Morgan fingerprint density at radius 1 is 1.23 bits per heavy atom. The molecule has 1 aliphatic rings. The van der Waals surface area contributed by atoms with Gasteiger partial charge in [-0.2, -0.15) is 0 Å². The fourth-order valence-electron chi connectivity index (χ4n) is 1.98. The Morgan fingerprint density at radius 2 is 1.92 bits per heavy atom. The summed E-state index contributed by atoms with van der Waals surface area (Å²) in [5, 5.41) is 0. The Balaban J connectivity index is 2.45. The van der Waals surface area contributed by atoms with Gasteiger partial charge >= 0.3 is 0 Å². The van der Waals surface area contributed by atoms with E-state index in [2.05, 4.69) is 50.1 Å². The molecule has 0 N–H and O–H groups in total. The molecule has 1 nitrogen and oxygen atoms in total. The van der Waals surface area contributed by atoms with E-state index in [9.17, 15) is 0 Å². The summed E-state index contributed by atoms with van der Waals surface area (Å²) in [5.74, 6) is 0. The summed E-state index contributed by atoms with van der Waals surface area (Å²) in [6.07, 6.45) is 2.47. The van der Waals surface area contributed by atoms with Gasteiger partial charge in [0.1, 0.15) is 0 Å². The maximum absolute atomic E-state index is 2.39. The molecule has 0 saturated carbocycles. The van der Waals surface area contributed by atoms with Crippen LogP contribution < -0.4 is 4.90 Å². The lowest BCUT2D eigenvalue weighted by molar-refractivity contribution is 0.432. The summed E-state index contributed by atoms with van der Waals surface area (Å²) in [7, 11) is 2.19. The second kappa shape index (κ2) is 2.76. The number of fused-ring (bicyclic) bond motifs is 1. The molecule has 1 aromatic rings. The molecule has 0 radical (unpaired) electrons. The second-order valence-corrected chi connectivity index (χ2v) is 4.50. The molecule has 0 saturated heterocycles. The van der Waals surface area contributed by atoms with Gasteiger partial charge in [-0.3, -0.25) is 0 Å². The van der Waals surface area contributed by atoms with Crippen LogP contribution in [0.3, 0.4) is 0 Å². The molecular weight excluding hydrogens is 158 g/mol. The van der Waals surface area contributed by atoms with E-state index in [0.717, 1.165) is 0 Å². The van der Waals surface area contributed by atoms with Crippen molar-refractivity contribution in [3.63, 3.8) is 0 Å². The molecule has 2 rings (SSSR count). The van der Waals surface area contributed by atoms with E-state index in [-0.39, 0.29) is 0 Å². The van der Waals surface area contributed by atoms with Crippen LogP contribution in [0.1, 0.15) is 25.8 Å². The van der Waals surface area contributed by atoms with Gasteiger partial charge in [0.25, 0.3) is 0 Å². The van der Waals surface area contributed by atoms with E-state index in [4.69, 9.17) is 0 Å². The van der Waals surface area contributed by atoms with Gasteiger partial charge in [-0.1, -0.05) is 18.2 Å². The zero-order valence-electron chi connectivity index (χ0n) is 8.67. The van der Waals surface area contributed by atoms with E-state index >= 15 is 0 Å². The first-order valence-corrected chi connectivity index (χ1v) is 4.93. The second-order valence-electron chi connectivity index (χ2n) is 4.50. The molecule has 0 atom stereocenters. The Hall–Kier alpha value is -0.980. The minimum Gasteiger partial charge on any atom is -0.369 e. The van der Waals surface area contributed by atoms with Gasteiger partial charge in [-0.05, 0) is 38.3 Å². The van der Waals surface area contributed by atoms with Crippen molar-refractivity contribution in [1.29, 1.82) is 0 Å². The van der Waals surface area contributed by atoms with E-state index in [0.29, 0.717) is 5.54 Å². The van der Waals surface area contributed by atoms with Crippen molar-refractivity contribution in [3.05, 3.63) is 29.8 Å². The highest BCUT2D eigenvalue weighted by Gasteiger charge is 2.29. The number of hydrogen-bond acceptors (Lipinski definition) is 1. The lowest BCUT2D eigenvalue weighted by Crippen LogP contribution is -2.44. The van der Waals surface area contributed by atoms with Gasteiger partial charge in [0, 0.05) is 18.3 Å². The first kappa shape index (κ1) is 8.61. The molecule has 1 heteroatoms. The molecular formula is C12H17N. The average Bonchev–Trinajstić information content (AvgIpc) is 2.13. The van der Waals surface area contributed by atoms with Crippen LogP contribution >= 0.6 is 0 Å². The molecule has 0 aromatic heterocycles. The molecule has 0 amide bonds. The van der Waals surface area contributed by atoms with Crippen LogP contribution in [-0.4, -0.2) is 12.6 Å². The lowest BCUT2D eigenvalue weighted by Gasteiger charge is -2.42. The third kappa shape index (κ3) is 1.32. The van der Waals surface area contributed by atoms with E-state index in [1.165, 1.54) is 24.1 Å². The van der Waals surface area contributed by atoms with Crippen molar-refractivity contribution in [2.24, 2.45) is 0 Å². The highest BCUT2D eigenvalue weighted by Crippen LogP contribution is 2.34. The normalized spacial score (nSPS) is 19.8. The summed E-state index contributed by atoms with van der Waals surface area (Å²) < 4.78 is 0. The Labute approximate surface area is 80.4 Å². The van der Waals surface area contributed by atoms with Gasteiger partial charge in [-0.15, -0.1) is 0 Å². The SMILES string of the molecule is CN1c2ccccc2CCC1(C)C. The summed E-state index contributed by atoms with van der Waals surface area (Å²) in [5.41, 5.74) is 3.21. The molecule has 0 aliphatic carbocycles. The molecule has 13 heavy (non-hydrogen) atoms. The molecule has 0 fully saturated rings. The number of nitrogens with zero attached hydrogens (tertiary/aromatic N) is 1. The molecule has 70 valence electrons. The highest BCUT2D eigenvalue weighted by atomic mass is 15.2. The monoisotopic (exact) mass is 175 g/mol. The first-order valence-electron chi connectivity index (χ1n) is 4.93. The highest BCUT2D eigenvalue weighted by molar-refractivity contribution is 5.56. The first-order chi connectivity index (χ1) is 6.11. The zero-order chi connectivity index (χ0) is 9.47. The molecule has 0 unspecified atom stereocenters. The van der Waals surface area contributed by atoms with Crippen molar-refractivity contribution in [3.8, 4) is 0 Å². The van der Waals surface area contributed by atoms with Crippen LogP contribution in [0.15, 0.2) is 24.3 Å². The molecule has 1 aromatic carbocycles. The number of aryl methyl sites for hydroxylation is 1. The summed E-state index contributed by atoms with van der Waals surface area (Å²) in [4.78, 5) is 2.39. The fraction of sp³-hybridized carbons (Fsp3) is 0.500. The van der Waals surface area contributed by atoms with Crippen LogP contribution in [0.2, 0.25) is 0 Å². The van der Waals surface area contributed by atoms with E-state index in [1.807, 2.05) is 0 Å². The van der Waals surface area contributed by atoms with Crippen molar-refractivity contribution < 1.29 is 0 Å². The minimum atomic E-state index is 0.314. The quantitative estimate of drug-likeness (QED) is 0.586. The maximum atomic E-state index is 2.39. The standard InChI is InChI=1S/C12H17N/c1-12(2)9-8-10-6-4-5-7-11(10)13(12)3/h4-7H,8-9H2,1-3H3. The largest absolute Gasteiger partial charge is 0.369 e. The third-order valence-electron chi connectivity index (χ3n) is 3.27. The van der Waals surface area contributed by atoms with Gasteiger partial charge in [0.15, 0.2) is 0 Å². The maximum Gasteiger partial charge on any atom is 0.0400 e. The van der Waals surface area contributed by atoms with Crippen molar-refractivity contribution in [2.45, 2.75) is 32.2 Å². The predicted molar refractivity (Wildman–Crippen MR) is 57.2 cm³/mol. The minimum absolute atomic E-state index is 0.314. The van der Waals surface area contributed by atoms with Crippen LogP contribution in [0, 0.1) is 0 Å². The number of hydrogen-bond donors (Lipinski definition) is 0. The van der Waals surface area contributed by atoms with Gasteiger partial charge in [0.05, 0.1) is 0 Å². The average molecular weight is 175 g/mol. The molecule has 0 spiro atoms. The van der Waals surface area contributed by atoms with E-state index < -0.39 is 0 Å². The Kier molecular flexibility index (Phi) is 1.83. The van der Waals surface area contributed by atoms with Crippen molar-refractivity contribution >= 4 is 5.69 Å². The zero-order valence-corrected chi connectivity index (χ0v) is 8.67. The number of benzene rings is 1. The van der Waals surface area contributed by atoms with Crippen molar-refractivity contribution in [2.75, 3.05) is 11.9 Å². The molecule has 1 aliphatic heterocycles. The summed E-state index contributed by atoms with van der Waals surface area (Å²) in [6, 6.07) is 8.71. The topological polar surface area (TPSA) is 3.24 Å². The Morgan fingerprint density at radius 3 is 2.69 bits per heavy atom. The number of rotatable bonds is 0. The lowest BCUT2D eigenvalue weighted by atomic mass is 9.87. The molecule has 1 heterocycles. The smallest absolute Gasteiger partial charge is 0.0400 e. The van der Waals surface area contributed by atoms with Gasteiger partial charge in [0.2, 0.25) is 0 Å². The van der Waals surface area contributed by atoms with Gasteiger partial charge < -0.3 is 4.90 Å². The van der Waals surface area contributed by atoms with Crippen LogP contribution in [0.5, 0.6) is 0 Å². The summed E-state index contributed by atoms with van der Waals surface area (Å²) >= 11 is 0. The van der Waals surface area contributed by atoms with Gasteiger partial charge in [-0.25, -0.2) is 0 Å².